The maximum atomic E-state index is 14.0. The second-order valence-electron chi connectivity index (χ2n) is 4.38. The van der Waals surface area contributed by atoms with Crippen molar-refractivity contribution in [2.75, 3.05) is 0 Å². The standard InChI is InChI=1S/C14H10F2N2O3/c1-8(11-4-2-3-5-17-11)14(19)10-6-9(15)7-12(13(10)16)18(20)21/h2-8H,1H3. The van der Waals surface area contributed by atoms with E-state index in [0.717, 1.165) is 0 Å². The van der Waals surface area contributed by atoms with E-state index in [9.17, 15) is 23.7 Å². The third-order valence-electron chi connectivity index (χ3n) is 3.01. The quantitative estimate of drug-likeness (QED) is 0.492. The number of nitro groups is 1. The molecule has 0 spiro atoms. The van der Waals surface area contributed by atoms with Gasteiger partial charge in [-0.3, -0.25) is 19.9 Å². The lowest BCUT2D eigenvalue weighted by Crippen LogP contribution is -2.14. The van der Waals surface area contributed by atoms with Gasteiger partial charge in [-0.2, -0.15) is 4.39 Å². The summed E-state index contributed by atoms with van der Waals surface area (Å²) >= 11 is 0. The fourth-order valence-electron chi connectivity index (χ4n) is 1.89. The van der Waals surface area contributed by atoms with Crippen molar-refractivity contribution in [2.45, 2.75) is 12.8 Å². The molecule has 21 heavy (non-hydrogen) atoms. The van der Waals surface area contributed by atoms with Crippen molar-refractivity contribution < 1.29 is 18.5 Å². The highest BCUT2D eigenvalue weighted by Crippen LogP contribution is 2.27. The van der Waals surface area contributed by atoms with Crippen molar-refractivity contribution in [3.05, 3.63) is 69.5 Å². The van der Waals surface area contributed by atoms with Crippen molar-refractivity contribution in [1.82, 2.24) is 4.98 Å². The zero-order chi connectivity index (χ0) is 15.6. The summed E-state index contributed by atoms with van der Waals surface area (Å²) in [4.78, 5) is 25.8. The predicted octanol–water partition coefficient (Wildman–Crippen LogP) is 3.25. The number of benzene rings is 1. The van der Waals surface area contributed by atoms with Gasteiger partial charge in [-0.1, -0.05) is 6.07 Å². The lowest BCUT2D eigenvalue weighted by Gasteiger charge is -2.10. The van der Waals surface area contributed by atoms with E-state index in [1.54, 1.807) is 18.2 Å². The normalized spacial score (nSPS) is 12.0. The molecule has 1 unspecified atom stereocenters. The van der Waals surface area contributed by atoms with Crippen LogP contribution in [0.4, 0.5) is 14.5 Å². The van der Waals surface area contributed by atoms with E-state index in [-0.39, 0.29) is 0 Å². The van der Waals surface area contributed by atoms with Gasteiger partial charge in [0.05, 0.1) is 28.2 Å². The van der Waals surface area contributed by atoms with Gasteiger partial charge in [0.25, 0.3) is 0 Å². The Balaban J connectivity index is 2.47. The van der Waals surface area contributed by atoms with Crippen molar-refractivity contribution in [2.24, 2.45) is 0 Å². The number of carbonyl (C=O) groups is 1. The van der Waals surface area contributed by atoms with Crippen LogP contribution in [0.25, 0.3) is 0 Å². The van der Waals surface area contributed by atoms with Gasteiger partial charge in [0, 0.05) is 6.20 Å². The minimum atomic E-state index is -1.34. The first-order valence-electron chi connectivity index (χ1n) is 6.00. The molecule has 1 aromatic heterocycles. The van der Waals surface area contributed by atoms with Crippen LogP contribution in [0.15, 0.2) is 36.5 Å². The molecular formula is C14H10F2N2O3. The van der Waals surface area contributed by atoms with Crippen LogP contribution in [0.2, 0.25) is 0 Å². The summed E-state index contributed by atoms with van der Waals surface area (Å²) < 4.78 is 27.3. The number of nitro benzene ring substituents is 1. The van der Waals surface area contributed by atoms with Crippen molar-refractivity contribution in [1.29, 1.82) is 0 Å². The predicted molar refractivity (Wildman–Crippen MR) is 70.0 cm³/mol. The summed E-state index contributed by atoms with van der Waals surface area (Å²) in [5, 5.41) is 10.7. The van der Waals surface area contributed by atoms with Crippen molar-refractivity contribution in [3.63, 3.8) is 0 Å². The van der Waals surface area contributed by atoms with Crippen LogP contribution in [0.5, 0.6) is 0 Å². The Morgan fingerprint density at radius 1 is 1.33 bits per heavy atom. The maximum Gasteiger partial charge on any atom is 0.308 e. The second-order valence-corrected chi connectivity index (χ2v) is 4.38. The van der Waals surface area contributed by atoms with Gasteiger partial charge >= 0.3 is 5.69 Å². The smallest absolute Gasteiger partial charge is 0.293 e. The molecule has 7 heteroatoms. The number of pyridine rings is 1. The summed E-state index contributed by atoms with van der Waals surface area (Å²) in [5.74, 6) is -4.00. The molecule has 0 N–H and O–H groups in total. The fraction of sp³-hybridized carbons (Fsp3) is 0.143. The Kier molecular flexibility index (Phi) is 4.02. The van der Waals surface area contributed by atoms with E-state index in [1.807, 2.05) is 0 Å². The van der Waals surface area contributed by atoms with Gasteiger partial charge in [0.15, 0.2) is 5.78 Å². The third-order valence-corrected chi connectivity index (χ3v) is 3.01. The summed E-state index contributed by atoms with van der Waals surface area (Å²) in [7, 11) is 0. The first-order valence-corrected chi connectivity index (χ1v) is 6.00. The van der Waals surface area contributed by atoms with Crippen molar-refractivity contribution >= 4 is 11.5 Å². The SMILES string of the molecule is CC(C(=O)c1cc(F)cc([N+](=O)[O-])c1F)c1ccccn1. The molecule has 0 aliphatic rings. The first kappa shape index (κ1) is 14.7. The molecule has 1 aromatic carbocycles. The molecule has 1 atom stereocenters. The molecule has 0 saturated heterocycles. The Bertz CT molecular complexity index is 705. The Labute approximate surface area is 118 Å². The zero-order valence-electron chi connectivity index (χ0n) is 10.9. The van der Waals surface area contributed by atoms with Gasteiger partial charge in [-0.25, -0.2) is 4.39 Å². The first-order chi connectivity index (χ1) is 9.91. The van der Waals surface area contributed by atoms with Crippen LogP contribution in [0.3, 0.4) is 0 Å². The molecule has 0 fully saturated rings. The van der Waals surface area contributed by atoms with Gasteiger partial charge in [-0.05, 0) is 25.1 Å². The molecule has 0 amide bonds. The second kappa shape index (κ2) is 5.74. The van der Waals surface area contributed by atoms with E-state index < -0.39 is 39.5 Å². The van der Waals surface area contributed by atoms with E-state index in [0.29, 0.717) is 17.8 Å². The zero-order valence-corrected chi connectivity index (χ0v) is 10.9. The van der Waals surface area contributed by atoms with Crippen LogP contribution in [0.1, 0.15) is 28.9 Å². The highest BCUT2D eigenvalue weighted by atomic mass is 19.1. The summed E-state index contributed by atoms with van der Waals surface area (Å²) in [6.45, 7) is 1.47. The monoisotopic (exact) mass is 292 g/mol. The number of rotatable bonds is 4. The summed E-state index contributed by atoms with van der Waals surface area (Å²) in [6.07, 6.45) is 1.46. The van der Waals surface area contributed by atoms with Crippen LogP contribution >= 0.6 is 0 Å². The molecule has 1 heterocycles. The Hall–Kier alpha value is -2.70. The topological polar surface area (TPSA) is 73.1 Å². The van der Waals surface area contributed by atoms with Gasteiger partial charge in [-0.15, -0.1) is 0 Å². The van der Waals surface area contributed by atoms with Crippen LogP contribution in [-0.2, 0) is 0 Å². The molecule has 0 aliphatic carbocycles. The van der Waals surface area contributed by atoms with Gasteiger partial charge < -0.3 is 0 Å². The number of nitrogens with zero attached hydrogens (tertiary/aromatic N) is 2. The summed E-state index contributed by atoms with van der Waals surface area (Å²) in [5.41, 5.74) is -1.35. The molecular weight excluding hydrogens is 282 g/mol. The average molecular weight is 292 g/mol. The average Bonchev–Trinajstić information content (AvgIpc) is 2.48. The highest BCUT2D eigenvalue weighted by molar-refractivity contribution is 6.01. The maximum absolute atomic E-state index is 14.0. The van der Waals surface area contributed by atoms with E-state index in [4.69, 9.17) is 0 Å². The number of aromatic nitrogens is 1. The number of ketones is 1. The lowest BCUT2D eigenvalue weighted by atomic mass is 9.95. The Morgan fingerprint density at radius 2 is 2.05 bits per heavy atom. The fourth-order valence-corrected chi connectivity index (χ4v) is 1.89. The number of halogens is 2. The van der Waals surface area contributed by atoms with Crippen LogP contribution in [0, 0.1) is 21.7 Å². The van der Waals surface area contributed by atoms with Gasteiger partial charge in [0.2, 0.25) is 5.82 Å². The molecule has 0 bridgehead atoms. The molecule has 0 saturated carbocycles. The molecule has 2 aromatic rings. The minimum Gasteiger partial charge on any atom is -0.293 e. The van der Waals surface area contributed by atoms with Gasteiger partial charge in [0.1, 0.15) is 5.82 Å². The molecule has 5 nitrogen and oxygen atoms in total. The van der Waals surface area contributed by atoms with E-state index in [1.165, 1.54) is 13.1 Å². The number of Topliss-reactive ketones (excluding diaryl/α,β-unsaturated/α-hetero) is 1. The minimum absolute atomic E-state index is 0.369. The molecule has 2 rings (SSSR count). The van der Waals surface area contributed by atoms with Crippen LogP contribution < -0.4 is 0 Å². The van der Waals surface area contributed by atoms with Crippen molar-refractivity contribution in [3.8, 4) is 0 Å². The van der Waals surface area contributed by atoms with E-state index in [2.05, 4.69) is 4.98 Å². The Morgan fingerprint density at radius 3 is 2.62 bits per heavy atom. The molecule has 108 valence electrons. The lowest BCUT2D eigenvalue weighted by molar-refractivity contribution is -0.387. The highest BCUT2D eigenvalue weighted by Gasteiger charge is 2.27. The largest absolute Gasteiger partial charge is 0.308 e. The van der Waals surface area contributed by atoms with E-state index >= 15 is 0 Å². The molecule has 0 aliphatic heterocycles. The number of carbonyl (C=O) groups excluding carboxylic acids is 1. The number of hydrogen-bond acceptors (Lipinski definition) is 4. The molecule has 0 radical (unpaired) electrons. The summed E-state index contributed by atoms with van der Waals surface area (Å²) in [6, 6.07) is 5.96. The number of hydrogen-bond donors (Lipinski definition) is 0. The third kappa shape index (κ3) is 2.91. The van der Waals surface area contributed by atoms with Crippen LogP contribution in [-0.4, -0.2) is 15.7 Å².